The van der Waals surface area contributed by atoms with E-state index in [-0.39, 0.29) is 33.7 Å². The van der Waals surface area contributed by atoms with Gasteiger partial charge in [0.2, 0.25) is 0 Å². The molecule has 2 unspecified atom stereocenters. The summed E-state index contributed by atoms with van der Waals surface area (Å²) in [7, 11) is 1.76. The minimum atomic E-state index is -0.172. The summed E-state index contributed by atoms with van der Waals surface area (Å²) in [4.78, 5) is 4.71. The zero-order valence-electron chi connectivity index (χ0n) is 33.6. The fourth-order valence-corrected chi connectivity index (χ4v) is 6.34. The Morgan fingerprint density at radius 1 is 0.913 bits per heavy atom. The highest BCUT2D eigenvalue weighted by Gasteiger charge is 2.34. The van der Waals surface area contributed by atoms with E-state index < -0.39 is 0 Å². The summed E-state index contributed by atoms with van der Waals surface area (Å²) < 4.78 is 24.5. The summed E-state index contributed by atoms with van der Waals surface area (Å²) in [5.74, 6) is 8.25. The van der Waals surface area contributed by atoms with Gasteiger partial charge in [-0.2, -0.15) is 0 Å². The van der Waals surface area contributed by atoms with Crippen LogP contribution in [0.25, 0.3) is 0 Å². The summed E-state index contributed by atoms with van der Waals surface area (Å²) in [6.07, 6.45) is 7.57. The Morgan fingerprint density at radius 2 is 1.50 bits per heavy atom. The second-order valence-corrected chi connectivity index (χ2v) is 16.2. The number of aromatic nitrogens is 1. The summed E-state index contributed by atoms with van der Waals surface area (Å²) >= 11 is 0. The molecule has 1 heterocycles. The van der Waals surface area contributed by atoms with Crippen molar-refractivity contribution in [2.45, 2.75) is 192 Å². The zero-order chi connectivity index (χ0) is 36.0. The quantitative estimate of drug-likeness (QED) is 0.178. The average molecular weight is 646 g/mol. The molecule has 0 saturated heterocycles. The standard InChI is InChI=1S/C37H63NO4.2C2H6/c1-15-37(13,21-18-27(2)24-36(11,12)42-33(4,5)6)40-26-35(9,10)25-34(7,8)20-19-29-16-17-32(28(3)38-29)41-31-22-30(23-31)39-14;2*1-2/h16-17,27,30-31H,15,18,21-26H2,1-14H3;2*1-2H3. The molecule has 0 bridgehead atoms. The third-order valence-corrected chi connectivity index (χ3v) is 8.31. The van der Waals surface area contributed by atoms with Crippen molar-refractivity contribution >= 4 is 0 Å². The third-order valence-electron chi connectivity index (χ3n) is 8.31. The summed E-state index contributed by atoms with van der Waals surface area (Å²) in [5.41, 5.74) is 1.09. The highest BCUT2D eigenvalue weighted by molar-refractivity contribution is 5.36. The molecule has 0 N–H and O–H groups in total. The van der Waals surface area contributed by atoms with Crippen LogP contribution in [0.15, 0.2) is 12.1 Å². The van der Waals surface area contributed by atoms with Crippen LogP contribution < -0.4 is 4.74 Å². The molecule has 1 aromatic rings. The highest BCUT2D eigenvalue weighted by atomic mass is 16.5. The van der Waals surface area contributed by atoms with Gasteiger partial charge in [-0.15, -0.1) is 0 Å². The van der Waals surface area contributed by atoms with Crippen molar-refractivity contribution in [3.8, 4) is 17.6 Å². The molecule has 2 atom stereocenters. The van der Waals surface area contributed by atoms with Crippen LogP contribution in [-0.4, -0.2) is 47.7 Å². The Bertz CT molecular complexity index is 1050. The lowest BCUT2D eigenvalue weighted by atomic mass is 9.75. The van der Waals surface area contributed by atoms with E-state index in [4.69, 9.17) is 23.9 Å². The highest BCUT2D eigenvalue weighted by Crippen LogP contribution is 2.37. The van der Waals surface area contributed by atoms with E-state index >= 15 is 0 Å². The molecule has 46 heavy (non-hydrogen) atoms. The number of pyridine rings is 1. The molecule has 1 fully saturated rings. The first-order chi connectivity index (χ1) is 21.2. The molecule has 2 rings (SSSR count). The normalized spacial score (nSPS) is 18.7. The molecule has 1 aliphatic rings. The van der Waals surface area contributed by atoms with Crippen LogP contribution in [0.1, 0.15) is 167 Å². The molecule has 5 nitrogen and oxygen atoms in total. The van der Waals surface area contributed by atoms with Crippen LogP contribution >= 0.6 is 0 Å². The number of hydrogen-bond donors (Lipinski definition) is 0. The van der Waals surface area contributed by atoms with Crippen LogP contribution in [0, 0.1) is 35.5 Å². The first kappa shape index (κ1) is 44.4. The molecule has 268 valence electrons. The monoisotopic (exact) mass is 646 g/mol. The Hall–Kier alpha value is -1.61. The van der Waals surface area contributed by atoms with Crippen molar-refractivity contribution in [2.75, 3.05) is 13.7 Å². The molecule has 5 heteroatoms. The average Bonchev–Trinajstić information content (AvgIpc) is 2.92. The largest absolute Gasteiger partial charge is 0.488 e. The van der Waals surface area contributed by atoms with E-state index in [1.165, 1.54) is 0 Å². The van der Waals surface area contributed by atoms with Gasteiger partial charge in [-0.25, -0.2) is 4.98 Å². The van der Waals surface area contributed by atoms with Crippen LogP contribution in [0.5, 0.6) is 5.75 Å². The number of rotatable bonds is 15. The molecule has 0 aliphatic heterocycles. The molecule has 1 saturated carbocycles. The van der Waals surface area contributed by atoms with Crippen molar-refractivity contribution in [3.63, 3.8) is 0 Å². The van der Waals surface area contributed by atoms with Crippen molar-refractivity contribution in [1.82, 2.24) is 4.98 Å². The lowest BCUT2D eigenvalue weighted by Gasteiger charge is -2.38. The van der Waals surface area contributed by atoms with Crippen molar-refractivity contribution in [2.24, 2.45) is 16.7 Å². The van der Waals surface area contributed by atoms with Gasteiger partial charge in [0.15, 0.2) is 0 Å². The van der Waals surface area contributed by atoms with Crippen molar-refractivity contribution < 1.29 is 18.9 Å². The van der Waals surface area contributed by atoms with Crippen molar-refractivity contribution in [3.05, 3.63) is 23.5 Å². The van der Waals surface area contributed by atoms with Crippen molar-refractivity contribution in [1.29, 1.82) is 0 Å². The van der Waals surface area contributed by atoms with E-state index in [9.17, 15) is 0 Å². The number of hydrogen-bond acceptors (Lipinski definition) is 5. The minimum Gasteiger partial charge on any atom is -0.488 e. The number of methoxy groups -OCH3 is 1. The van der Waals surface area contributed by atoms with Gasteiger partial charge in [0, 0.05) is 25.4 Å². The fourth-order valence-electron chi connectivity index (χ4n) is 6.34. The van der Waals surface area contributed by atoms with Gasteiger partial charge >= 0.3 is 0 Å². The number of ether oxygens (including phenoxy) is 4. The summed E-state index contributed by atoms with van der Waals surface area (Å²) in [5, 5.41) is 0. The second-order valence-electron chi connectivity index (χ2n) is 16.2. The van der Waals surface area contributed by atoms with Gasteiger partial charge in [0.05, 0.1) is 35.2 Å². The van der Waals surface area contributed by atoms with E-state index in [1.54, 1.807) is 7.11 Å². The van der Waals surface area contributed by atoms with Gasteiger partial charge < -0.3 is 18.9 Å². The predicted molar refractivity (Wildman–Crippen MR) is 198 cm³/mol. The first-order valence-corrected chi connectivity index (χ1v) is 18.2. The molecule has 0 spiro atoms. The van der Waals surface area contributed by atoms with Crippen LogP contribution in [0.4, 0.5) is 0 Å². The summed E-state index contributed by atoms with van der Waals surface area (Å²) in [6.45, 7) is 37.4. The van der Waals surface area contributed by atoms with Crippen LogP contribution in [0.2, 0.25) is 0 Å². The zero-order valence-corrected chi connectivity index (χ0v) is 33.6. The van der Waals surface area contributed by atoms with Gasteiger partial charge in [-0.3, -0.25) is 0 Å². The number of nitrogens with zero attached hydrogens (tertiary/aromatic N) is 1. The van der Waals surface area contributed by atoms with E-state index in [1.807, 2.05) is 46.8 Å². The van der Waals surface area contributed by atoms with Crippen LogP contribution in [-0.2, 0) is 14.2 Å². The molecule has 0 amide bonds. The Balaban J connectivity index is 0.00000486. The van der Waals surface area contributed by atoms with E-state index in [2.05, 4.69) is 94.9 Å². The Kier molecular flexibility index (Phi) is 18.7. The molecule has 0 radical (unpaired) electrons. The smallest absolute Gasteiger partial charge is 0.141 e. The fraction of sp³-hybridized carbons (Fsp3) is 0.829. The van der Waals surface area contributed by atoms with E-state index in [0.29, 0.717) is 18.6 Å². The van der Waals surface area contributed by atoms with E-state index in [0.717, 1.165) is 62.1 Å². The van der Waals surface area contributed by atoms with Gasteiger partial charge in [0.25, 0.3) is 0 Å². The molecular weight excluding hydrogens is 570 g/mol. The maximum Gasteiger partial charge on any atom is 0.141 e. The second kappa shape index (κ2) is 19.4. The third kappa shape index (κ3) is 17.5. The topological polar surface area (TPSA) is 49.8 Å². The first-order valence-electron chi connectivity index (χ1n) is 18.2. The molecular formula is C41H75NO4. The van der Waals surface area contributed by atoms with Gasteiger partial charge in [-0.1, -0.05) is 61.3 Å². The number of aryl methyl sites for hydroxylation is 1. The Morgan fingerprint density at radius 3 is 2.00 bits per heavy atom. The maximum absolute atomic E-state index is 6.69. The maximum atomic E-state index is 6.69. The van der Waals surface area contributed by atoms with Crippen LogP contribution in [0.3, 0.4) is 0 Å². The minimum absolute atomic E-state index is 0.00730. The van der Waals surface area contributed by atoms with Gasteiger partial charge in [0.1, 0.15) is 17.5 Å². The summed E-state index contributed by atoms with van der Waals surface area (Å²) in [6, 6.07) is 3.97. The predicted octanol–water partition coefficient (Wildman–Crippen LogP) is 11.4. The lowest BCUT2D eigenvalue weighted by Crippen LogP contribution is -2.39. The van der Waals surface area contributed by atoms with Gasteiger partial charge in [-0.05, 0) is 124 Å². The molecule has 1 aromatic heterocycles. The SMILES string of the molecule is CC.CC.CCC(C)(CCC(C)CC(C)(C)OC(C)(C)C)OCC(C)(C)CC(C)(C)C#Cc1ccc(OC2CC(OC)C2)c(C)n1. The lowest BCUT2D eigenvalue weighted by molar-refractivity contribution is -0.123. The molecule has 0 aromatic carbocycles. The Labute approximate surface area is 286 Å². The molecule has 1 aliphatic carbocycles.